The Morgan fingerprint density at radius 2 is 1.52 bits per heavy atom. The van der Waals surface area contributed by atoms with Gasteiger partial charge in [-0.1, -0.05) is 30.3 Å². The number of hydrogen-bond acceptors (Lipinski definition) is 5. The third-order valence-corrected chi connectivity index (χ3v) is 5.68. The Morgan fingerprint density at radius 3 is 2.15 bits per heavy atom. The van der Waals surface area contributed by atoms with Gasteiger partial charge in [0, 0.05) is 24.2 Å². The maximum absolute atomic E-state index is 12.7. The van der Waals surface area contributed by atoms with E-state index in [2.05, 4.69) is 10.0 Å². The van der Waals surface area contributed by atoms with Crippen molar-refractivity contribution in [3.8, 4) is 11.5 Å². The number of nitrogens with one attached hydrogen (secondary N) is 2. The molecule has 0 aliphatic carbocycles. The van der Waals surface area contributed by atoms with Crippen LogP contribution in [-0.4, -0.2) is 28.2 Å². The Balaban J connectivity index is 2.17. The number of para-hydroxylation sites is 1. The van der Waals surface area contributed by atoms with Gasteiger partial charge in [0.1, 0.15) is 0 Å². The molecule has 2 aromatic carbocycles. The molecule has 0 aliphatic heterocycles. The normalized spacial score (nSPS) is 12.0. The topological polar surface area (TPSA) is 76.7 Å². The van der Waals surface area contributed by atoms with E-state index in [1.807, 2.05) is 51.1 Å². The summed E-state index contributed by atoms with van der Waals surface area (Å²) >= 11 is 0. The first-order chi connectivity index (χ1) is 12.7. The van der Waals surface area contributed by atoms with E-state index in [-0.39, 0.29) is 4.90 Å². The molecule has 27 heavy (non-hydrogen) atoms. The molecule has 0 aliphatic rings. The molecule has 0 spiro atoms. The number of rotatable bonds is 8. The smallest absolute Gasteiger partial charge is 0.241 e. The largest absolute Gasteiger partial charge is 0.493 e. The number of sulfonamides is 1. The number of hydrogen-bond donors (Lipinski definition) is 2. The third-order valence-electron chi connectivity index (χ3n) is 3.82. The Hall–Kier alpha value is -2.09. The van der Waals surface area contributed by atoms with E-state index in [1.165, 1.54) is 0 Å². The first-order valence-electron chi connectivity index (χ1n) is 8.70. The van der Waals surface area contributed by atoms with Crippen LogP contribution in [0.2, 0.25) is 0 Å². The number of methoxy groups -OCH3 is 2. The summed E-state index contributed by atoms with van der Waals surface area (Å²) in [6, 6.07) is 12.7. The first kappa shape index (κ1) is 21.2. The van der Waals surface area contributed by atoms with Crippen molar-refractivity contribution < 1.29 is 17.9 Å². The first-order valence-corrected chi connectivity index (χ1v) is 10.2. The van der Waals surface area contributed by atoms with E-state index < -0.39 is 15.6 Å². The molecule has 2 rings (SSSR count). The highest BCUT2D eigenvalue weighted by Crippen LogP contribution is 2.30. The maximum atomic E-state index is 12.7. The Kier molecular flexibility index (Phi) is 6.86. The van der Waals surface area contributed by atoms with Crippen LogP contribution in [0.25, 0.3) is 0 Å². The van der Waals surface area contributed by atoms with Crippen molar-refractivity contribution in [2.24, 2.45) is 0 Å². The summed E-state index contributed by atoms with van der Waals surface area (Å²) in [6.07, 6.45) is 0. The maximum Gasteiger partial charge on any atom is 0.241 e. The molecule has 148 valence electrons. The molecule has 0 radical (unpaired) electrons. The minimum Gasteiger partial charge on any atom is -0.493 e. The van der Waals surface area contributed by atoms with Crippen LogP contribution < -0.4 is 19.5 Å². The lowest BCUT2D eigenvalue weighted by atomic mass is 10.1. The molecule has 0 saturated carbocycles. The molecule has 0 aromatic heterocycles. The molecule has 2 N–H and O–H groups in total. The van der Waals surface area contributed by atoms with Gasteiger partial charge in [-0.25, -0.2) is 13.1 Å². The summed E-state index contributed by atoms with van der Waals surface area (Å²) in [4.78, 5) is 0.282. The van der Waals surface area contributed by atoms with Crippen molar-refractivity contribution in [2.45, 2.75) is 44.3 Å². The molecular weight excluding hydrogens is 364 g/mol. The van der Waals surface area contributed by atoms with E-state index in [9.17, 15) is 8.42 Å². The summed E-state index contributed by atoms with van der Waals surface area (Å²) in [5.41, 5.74) is 1.09. The molecule has 0 bridgehead atoms. The number of ether oxygens (including phenoxy) is 2. The zero-order valence-electron chi connectivity index (χ0n) is 16.5. The standard InChI is InChI=1S/C20H28N2O4S/c1-20(2,3)22-27(23,24)18-12-7-6-9-15(18)13-21-14-16-10-8-11-17(25-4)19(16)26-5/h6-12,21-22H,13-14H2,1-5H3. The lowest BCUT2D eigenvalue weighted by molar-refractivity contribution is 0.350. The lowest BCUT2D eigenvalue weighted by Crippen LogP contribution is -2.40. The van der Waals surface area contributed by atoms with Crippen LogP contribution >= 0.6 is 0 Å². The van der Waals surface area contributed by atoms with Crippen molar-refractivity contribution in [1.82, 2.24) is 10.0 Å². The molecule has 0 unspecified atom stereocenters. The van der Waals surface area contributed by atoms with Crippen LogP contribution in [0.4, 0.5) is 0 Å². The van der Waals surface area contributed by atoms with Gasteiger partial charge < -0.3 is 14.8 Å². The Labute approximate surface area is 161 Å². The van der Waals surface area contributed by atoms with Gasteiger partial charge in [-0.15, -0.1) is 0 Å². The van der Waals surface area contributed by atoms with E-state index in [0.29, 0.717) is 30.2 Å². The van der Waals surface area contributed by atoms with Crippen LogP contribution in [0.3, 0.4) is 0 Å². The van der Waals surface area contributed by atoms with Crippen LogP contribution in [0.5, 0.6) is 11.5 Å². The van der Waals surface area contributed by atoms with Gasteiger partial charge in [-0.05, 0) is 38.5 Å². The predicted octanol–water partition coefficient (Wildman–Crippen LogP) is 3.07. The van der Waals surface area contributed by atoms with E-state index >= 15 is 0 Å². The lowest BCUT2D eigenvalue weighted by Gasteiger charge is -2.21. The molecule has 6 nitrogen and oxygen atoms in total. The Morgan fingerprint density at radius 1 is 0.889 bits per heavy atom. The highest BCUT2D eigenvalue weighted by molar-refractivity contribution is 7.89. The molecule has 0 heterocycles. The predicted molar refractivity (Wildman–Crippen MR) is 107 cm³/mol. The summed E-state index contributed by atoms with van der Waals surface area (Å²) in [5, 5.41) is 3.29. The third kappa shape index (κ3) is 5.69. The van der Waals surface area contributed by atoms with E-state index in [0.717, 1.165) is 5.56 Å². The zero-order valence-corrected chi connectivity index (χ0v) is 17.3. The zero-order chi connectivity index (χ0) is 20.1. The Bertz CT molecular complexity index is 874. The minimum absolute atomic E-state index is 0.282. The second kappa shape index (κ2) is 8.73. The van der Waals surface area contributed by atoms with Gasteiger partial charge in [0.05, 0.1) is 19.1 Å². The highest BCUT2D eigenvalue weighted by atomic mass is 32.2. The van der Waals surface area contributed by atoms with Crippen molar-refractivity contribution in [2.75, 3.05) is 14.2 Å². The SMILES string of the molecule is COc1cccc(CNCc2ccccc2S(=O)(=O)NC(C)(C)C)c1OC. The molecule has 0 fully saturated rings. The fourth-order valence-electron chi connectivity index (χ4n) is 2.79. The summed E-state index contributed by atoms with van der Waals surface area (Å²) in [7, 11) is -0.408. The monoisotopic (exact) mass is 392 g/mol. The molecule has 7 heteroatoms. The van der Waals surface area contributed by atoms with Gasteiger partial charge in [-0.3, -0.25) is 0 Å². The highest BCUT2D eigenvalue weighted by Gasteiger charge is 2.24. The van der Waals surface area contributed by atoms with Crippen LogP contribution in [0.1, 0.15) is 31.9 Å². The fraction of sp³-hybridized carbons (Fsp3) is 0.400. The molecule has 0 amide bonds. The van der Waals surface area contributed by atoms with Crippen LogP contribution in [0, 0.1) is 0 Å². The summed E-state index contributed by atoms with van der Waals surface area (Å²) < 4.78 is 38.9. The minimum atomic E-state index is -3.60. The average Bonchev–Trinajstić information content (AvgIpc) is 2.59. The molecular formula is C20H28N2O4S. The number of benzene rings is 2. The summed E-state index contributed by atoms with van der Waals surface area (Å²) in [5.74, 6) is 1.33. The fourth-order valence-corrected chi connectivity index (χ4v) is 4.45. The quantitative estimate of drug-likeness (QED) is 0.722. The van der Waals surface area contributed by atoms with E-state index in [4.69, 9.17) is 9.47 Å². The van der Waals surface area contributed by atoms with Crippen molar-refractivity contribution in [1.29, 1.82) is 0 Å². The second-order valence-electron chi connectivity index (χ2n) is 7.22. The molecule has 0 atom stereocenters. The van der Waals surface area contributed by atoms with Crippen molar-refractivity contribution >= 4 is 10.0 Å². The van der Waals surface area contributed by atoms with Gasteiger partial charge in [-0.2, -0.15) is 0 Å². The molecule has 0 saturated heterocycles. The van der Waals surface area contributed by atoms with Crippen LogP contribution in [0.15, 0.2) is 47.4 Å². The second-order valence-corrected chi connectivity index (χ2v) is 8.87. The average molecular weight is 393 g/mol. The van der Waals surface area contributed by atoms with Gasteiger partial charge >= 0.3 is 0 Å². The van der Waals surface area contributed by atoms with Crippen molar-refractivity contribution in [3.63, 3.8) is 0 Å². The van der Waals surface area contributed by atoms with Gasteiger partial charge in [0.15, 0.2) is 11.5 Å². The molecule has 2 aromatic rings. The summed E-state index contributed by atoms with van der Waals surface area (Å²) in [6.45, 7) is 6.38. The van der Waals surface area contributed by atoms with Gasteiger partial charge in [0.25, 0.3) is 0 Å². The van der Waals surface area contributed by atoms with Gasteiger partial charge in [0.2, 0.25) is 10.0 Å². The van der Waals surface area contributed by atoms with Crippen molar-refractivity contribution in [3.05, 3.63) is 53.6 Å². The van der Waals surface area contributed by atoms with Crippen LogP contribution in [-0.2, 0) is 23.1 Å². The van der Waals surface area contributed by atoms with E-state index in [1.54, 1.807) is 26.4 Å².